The van der Waals surface area contributed by atoms with Gasteiger partial charge in [0, 0.05) is 5.41 Å². The highest BCUT2D eigenvalue weighted by Crippen LogP contribution is 2.32. The quantitative estimate of drug-likeness (QED) is 0.558. The van der Waals surface area contributed by atoms with Crippen molar-refractivity contribution in [3.63, 3.8) is 0 Å². The predicted octanol–water partition coefficient (Wildman–Crippen LogP) is 0.0775. The molecule has 0 radical (unpaired) electrons. The van der Waals surface area contributed by atoms with Crippen molar-refractivity contribution in [3.8, 4) is 0 Å². The average Bonchev–Trinajstić information content (AvgIpc) is 2.41. The van der Waals surface area contributed by atoms with Crippen molar-refractivity contribution >= 4 is 23.5 Å². The van der Waals surface area contributed by atoms with E-state index in [1.165, 1.54) is 11.8 Å². The fraction of sp³-hybridized carbons (Fsp3) is 0.333. The molecule has 5 heteroatoms. The highest BCUT2D eigenvalue weighted by molar-refractivity contribution is 8.03. The fourth-order valence-electron chi connectivity index (χ4n) is 1.18. The number of aliphatic imine (C=N–C) groups is 1. The zero-order valence-electron chi connectivity index (χ0n) is 5.94. The molecule has 0 aliphatic carbocycles. The molecule has 11 heavy (non-hydrogen) atoms. The number of amides is 1. The first-order chi connectivity index (χ1) is 5.20. The van der Waals surface area contributed by atoms with Crippen molar-refractivity contribution in [1.29, 1.82) is 0 Å². The van der Waals surface area contributed by atoms with Gasteiger partial charge in [-0.1, -0.05) is 11.8 Å². The topological polar surface area (TPSA) is 58.7 Å². The molecule has 2 aliphatic rings. The van der Waals surface area contributed by atoms with Crippen LogP contribution in [-0.4, -0.2) is 22.0 Å². The van der Waals surface area contributed by atoms with E-state index in [2.05, 4.69) is 4.99 Å². The Bertz CT molecular complexity index is 284. The first-order valence-electron chi connectivity index (χ1n) is 3.19. The van der Waals surface area contributed by atoms with Gasteiger partial charge in [-0.3, -0.25) is 9.69 Å². The summed E-state index contributed by atoms with van der Waals surface area (Å²) in [6.07, 6.45) is 0. The molecule has 1 atom stereocenters. The van der Waals surface area contributed by atoms with Gasteiger partial charge in [-0.15, -0.1) is 0 Å². The minimum Gasteiger partial charge on any atom is -0.385 e. The van der Waals surface area contributed by atoms with Crippen LogP contribution in [0.5, 0.6) is 0 Å². The largest absolute Gasteiger partial charge is 0.385 e. The lowest BCUT2D eigenvalue weighted by Crippen LogP contribution is -2.33. The molecule has 58 valence electrons. The van der Waals surface area contributed by atoms with E-state index in [0.717, 1.165) is 0 Å². The molecular weight excluding hydrogens is 162 g/mol. The number of carbonyl (C=O) groups excluding carboxylic acids is 1. The number of rotatable bonds is 0. The van der Waals surface area contributed by atoms with Crippen LogP contribution in [0.15, 0.2) is 16.2 Å². The molecule has 0 aromatic heterocycles. The SMILES string of the molecule is CC1=NC(=O)C2SC=C(N)N12. The summed E-state index contributed by atoms with van der Waals surface area (Å²) in [5, 5.41) is 1.57. The van der Waals surface area contributed by atoms with E-state index in [4.69, 9.17) is 5.73 Å². The zero-order chi connectivity index (χ0) is 8.01. The number of nitrogens with zero attached hydrogens (tertiary/aromatic N) is 2. The van der Waals surface area contributed by atoms with Crippen molar-refractivity contribution in [2.24, 2.45) is 10.7 Å². The summed E-state index contributed by atoms with van der Waals surface area (Å²) in [6, 6.07) is 0. The maximum Gasteiger partial charge on any atom is 0.281 e. The highest BCUT2D eigenvalue weighted by atomic mass is 32.2. The third-order valence-electron chi connectivity index (χ3n) is 1.66. The molecule has 0 aromatic carbocycles. The summed E-state index contributed by atoms with van der Waals surface area (Å²) in [6.45, 7) is 1.78. The van der Waals surface area contributed by atoms with Gasteiger partial charge in [0.15, 0.2) is 5.37 Å². The standard InChI is InChI=1S/C6H7N3OS/c1-3-8-5(10)6-9(3)4(7)2-11-6/h2,6H,7H2,1H3. The third kappa shape index (κ3) is 0.773. The van der Waals surface area contributed by atoms with Gasteiger partial charge in [0.1, 0.15) is 11.7 Å². The number of hydrogen-bond donors (Lipinski definition) is 1. The first-order valence-corrected chi connectivity index (χ1v) is 4.14. The molecule has 4 nitrogen and oxygen atoms in total. The van der Waals surface area contributed by atoms with Crippen LogP contribution in [0.1, 0.15) is 6.92 Å². The average molecular weight is 169 g/mol. The van der Waals surface area contributed by atoms with E-state index in [1.807, 2.05) is 0 Å². The second-order valence-electron chi connectivity index (χ2n) is 2.40. The molecule has 2 rings (SSSR count). The molecular formula is C6H7N3OS. The van der Waals surface area contributed by atoms with E-state index in [-0.39, 0.29) is 11.3 Å². The second-order valence-corrected chi connectivity index (χ2v) is 3.35. The van der Waals surface area contributed by atoms with Crippen LogP contribution >= 0.6 is 11.8 Å². The summed E-state index contributed by atoms with van der Waals surface area (Å²) in [4.78, 5) is 16.6. The van der Waals surface area contributed by atoms with Crippen LogP contribution in [0.3, 0.4) is 0 Å². The highest BCUT2D eigenvalue weighted by Gasteiger charge is 2.38. The number of hydrogen-bond acceptors (Lipinski definition) is 4. The molecule has 2 aliphatic heterocycles. The normalized spacial score (nSPS) is 28.6. The lowest BCUT2D eigenvalue weighted by molar-refractivity contribution is -0.117. The molecule has 0 fully saturated rings. The number of thioether (sulfide) groups is 1. The summed E-state index contributed by atoms with van der Waals surface area (Å²) in [5.74, 6) is 1.20. The van der Waals surface area contributed by atoms with Gasteiger partial charge < -0.3 is 5.73 Å². The van der Waals surface area contributed by atoms with Crippen molar-refractivity contribution in [3.05, 3.63) is 11.2 Å². The van der Waals surface area contributed by atoms with Gasteiger partial charge in [-0.05, 0) is 6.92 Å². The molecule has 2 heterocycles. The van der Waals surface area contributed by atoms with Gasteiger partial charge in [-0.25, -0.2) is 0 Å². The van der Waals surface area contributed by atoms with Crippen molar-refractivity contribution in [1.82, 2.24) is 4.90 Å². The van der Waals surface area contributed by atoms with Crippen molar-refractivity contribution in [2.45, 2.75) is 12.3 Å². The van der Waals surface area contributed by atoms with Crippen LogP contribution in [-0.2, 0) is 4.79 Å². The maximum atomic E-state index is 11.1. The monoisotopic (exact) mass is 169 g/mol. The molecule has 0 saturated heterocycles. The third-order valence-corrected chi connectivity index (χ3v) is 2.71. The minimum atomic E-state index is -0.213. The minimum absolute atomic E-state index is 0.107. The number of carbonyl (C=O) groups is 1. The summed E-state index contributed by atoms with van der Waals surface area (Å²) in [7, 11) is 0. The molecule has 0 bridgehead atoms. The number of nitrogens with two attached hydrogens (primary N) is 1. The van der Waals surface area contributed by atoms with Gasteiger partial charge >= 0.3 is 0 Å². The Morgan fingerprint density at radius 2 is 2.55 bits per heavy atom. The summed E-state index contributed by atoms with van der Waals surface area (Å²) >= 11 is 1.41. The number of fused-ring (bicyclic) bond motifs is 1. The Hall–Kier alpha value is -0.970. The molecule has 0 aromatic rings. The van der Waals surface area contributed by atoms with Crippen LogP contribution in [0.25, 0.3) is 0 Å². The van der Waals surface area contributed by atoms with E-state index < -0.39 is 0 Å². The first kappa shape index (κ1) is 6.72. The van der Waals surface area contributed by atoms with E-state index in [0.29, 0.717) is 11.7 Å². The fourth-order valence-corrected chi connectivity index (χ4v) is 2.13. The zero-order valence-corrected chi connectivity index (χ0v) is 6.76. The smallest absolute Gasteiger partial charge is 0.281 e. The Morgan fingerprint density at radius 1 is 1.82 bits per heavy atom. The Labute approximate surface area is 68.1 Å². The van der Waals surface area contributed by atoms with Crippen molar-refractivity contribution in [2.75, 3.05) is 0 Å². The van der Waals surface area contributed by atoms with Gasteiger partial charge in [0.05, 0.1) is 0 Å². The van der Waals surface area contributed by atoms with Crippen LogP contribution in [0.2, 0.25) is 0 Å². The van der Waals surface area contributed by atoms with Gasteiger partial charge in [0.25, 0.3) is 5.91 Å². The maximum absolute atomic E-state index is 11.1. The lowest BCUT2D eigenvalue weighted by Gasteiger charge is -2.16. The predicted molar refractivity (Wildman–Crippen MR) is 43.6 cm³/mol. The van der Waals surface area contributed by atoms with Crippen molar-refractivity contribution < 1.29 is 4.79 Å². The van der Waals surface area contributed by atoms with Crippen LogP contribution < -0.4 is 5.73 Å². The van der Waals surface area contributed by atoms with E-state index >= 15 is 0 Å². The Morgan fingerprint density at radius 3 is 3.18 bits per heavy atom. The number of amidine groups is 1. The molecule has 0 spiro atoms. The molecule has 1 unspecified atom stereocenters. The molecule has 2 N–H and O–H groups in total. The lowest BCUT2D eigenvalue weighted by atomic mass is 10.5. The van der Waals surface area contributed by atoms with Crippen LogP contribution in [0.4, 0.5) is 0 Å². The Balaban J connectivity index is 2.38. The van der Waals surface area contributed by atoms with Gasteiger partial charge in [0.2, 0.25) is 0 Å². The second kappa shape index (κ2) is 2.01. The molecule has 0 saturated carbocycles. The Kier molecular flexibility index (Phi) is 1.23. The van der Waals surface area contributed by atoms with Gasteiger partial charge in [-0.2, -0.15) is 4.99 Å². The van der Waals surface area contributed by atoms with Crippen LogP contribution in [0, 0.1) is 0 Å². The van der Waals surface area contributed by atoms with E-state index in [9.17, 15) is 4.79 Å². The summed E-state index contributed by atoms with van der Waals surface area (Å²) < 4.78 is 0. The summed E-state index contributed by atoms with van der Waals surface area (Å²) in [5.41, 5.74) is 5.61. The molecule has 1 amide bonds. The van der Waals surface area contributed by atoms with E-state index in [1.54, 1.807) is 17.2 Å².